The zero-order valence-electron chi connectivity index (χ0n) is 21.2. The lowest BCUT2D eigenvalue weighted by Crippen LogP contribution is -2.23. The van der Waals surface area contributed by atoms with Crippen LogP contribution in [0.1, 0.15) is 27.4 Å². The molecule has 212 valence electrons. The number of carbonyl (C=O) groups is 2. The summed E-state index contributed by atoms with van der Waals surface area (Å²) in [4.78, 5) is 35.0. The molecule has 0 spiro atoms. The van der Waals surface area contributed by atoms with Crippen molar-refractivity contribution < 1.29 is 36.6 Å². The number of alkyl halides is 3. The van der Waals surface area contributed by atoms with E-state index in [4.69, 9.17) is 9.90 Å². The number of nitrogens with one attached hydrogen (secondary N) is 1. The third-order valence-corrected chi connectivity index (χ3v) is 5.77. The number of benzene rings is 1. The average Bonchev–Trinajstić information content (AvgIpc) is 3.49. The molecule has 0 aliphatic carbocycles. The molecule has 5 aromatic rings. The van der Waals surface area contributed by atoms with Crippen LogP contribution in [-0.4, -0.2) is 47.1 Å². The molecule has 0 aliphatic heterocycles. The minimum atomic E-state index is -5.08. The summed E-state index contributed by atoms with van der Waals surface area (Å²) < 4.78 is 62.7. The maximum atomic E-state index is 14.2. The lowest BCUT2D eigenvalue weighted by atomic mass is 10.2. The Morgan fingerprint density at radius 3 is 2.39 bits per heavy atom. The smallest absolute Gasteiger partial charge is 0.475 e. The molecular formula is C27H21F5N6O3. The molecule has 0 aliphatic rings. The number of fused-ring (bicyclic) bond motifs is 1. The predicted molar refractivity (Wildman–Crippen MR) is 136 cm³/mol. The van der Waals surface area contributed by atoms with E-state index in [-0.39, 0.29) is 18.1 Å². The van der Waals surface area contributed by atoms with E-state index < -0.39 is 23.8 Å². The van der Waals surface area contributed by atoms with Crippen molar-refractivity contribution in [2.45, 2.75) is 26.2 Å². The highest BCUT2D eigenvalue weighted by Gasteiger charge is 2.38. The number of aromatic nitrogens is 5. The number of pyridine rings is 2. The Hall–Kier alpha value is -5.14. The SMILES string of the molecule is Cc1nc(-c2nc(C(=O)NCc3ccncc3)c3ccccn23)cn1Cc1ccc(F)cc1F.O=C(O)C(F)(F)F. The van der Waals surface area contributed by atoms with Crippen LogP contribution >= 0.6 is 0 Å². The molecule has 1 amide bonds. The zero-order chi connectivity index (χ0) is 29.7. The Kier molecular flexibility index (Phi) is 8.40. The second kappa shape index (κ2) is 11.9. The van der Waals surface area contributed by atoms with Gasteiger partial charge in [-0.05, 0) is 42.8 Å². The predicted octanol–water partition coefficient (Wildman–Crippen LogP) is 4.79. The number of aliphatic carboxylic acids is 1. The van der Waals surface area contributed by atoms with Gasteiger partial charge < -0.3 is 15.0 Å². The maximum absolute atomic E-state index is 14.2. The minimum Gasteiger partial charge on any atom is -0.475 e. The molecule has 0 bridgehead atoms. The Labute approximate surface area is 228 Å². The normalized spacial score (nSPS) is 11.2. The molecule has 9 nitrogen and oxygen atoms in total. The van der Waals surface area contributed by atoms with Gasteiger partial charge >= 0.3 is 12.1 Å². The second-order valence-electron chi connectivity index (χ2n) is 8.62. The van der Waals surface area contributed by atoms with Crippen LogP contribution in [0.4, 0.5) is 22.0 Å². The Balaban J connectivity index is 0.000000493. The van der Waals surface area contributed by atoms with Crippen molar-refractivity contribution in [3.05, 3.63) is 108 Å². The average molecular weight is 572 g/mol. The number of amides is 1. The summed E-state index contributed by atoms with van der Waals surface area (Å²) in [5.41, 5.74) is 2.73. The summed E-state index contributed by atoms with van der Waals surface area (Å²) in [6.07, 6.45) is 1.81. The molecule has 4 heterocycles. The molecule has 4 aromatic heterocycles. The Morgan fingerprint density at radius 2 is 1.73 bits per heavy atom. The fourth-order valence-corrected chi connectivity index (χ4v) is 3.76. The largest absolute Gasteiger partial charge is 0.490 e. The molecule has 0 unspecified atom stereocenters. The molecule has 0 atom stereocenters. The van der Waals surface area contributed by atoms with Crippen LogP contribution in [0.15, 0.2) is 73.3 Å². The lowest BCUT2D eigenvalue weighted by molar-refractivity contribution is -0.192. The van der Waals surface area contributed by atoms with Gasteiger partial charge in [-0.3, -0.25) is 14.2 Å². The quantitative estimate of drug-likeness (QED) is 0.283. The summed E-state index contributed by atoms with van der Waals surface area (Å²) >= 11 is 0. The molecule has 5 rings (SSSR count). The summed E-state index contributed by atoms with van der Waals surface area (Å²) in [5, 5.41) is 10.0. The summed E-state index contributed by atoms with van der Waals surface area (Å²) in [7, 11) is 0. The summed E-state index contributed by atoms with van der Waals surface area (Å²) in [6, 6.07) is 12.7. The number of nitrogens with zero attached hydrogens (tertiary/aromatic N) is 5. The van der Waals surface area contributed by atoms with Crippen LogP contribution < -0.4 is 5.32 Å². The van der Waals surface area contributed by atoms with Gasteiger partial charge in [0.25, 0.3) is 5.91 Å². The molecule has 0 radical (unpaired) electrons. The Morgan fingerprint density at radius 1 is 1.02 bits per heavy atom. The van der Waals surface area contributed by atoms with Crippen molar-refractivity contribution in [1.29, 1.82) is 0 Å². The van der Waals surface area contributed by atoms with Crippen LogP contribution in [0, 0.1) is 18.6 Å². The van der Waals surface area contributed by atoms with Crippen LogP contribution in [0.5, 0.6) is 0 Å². The van der Waals surface area contributed by atoms with Crippen LogP contribution in [0.2, 0.25) is 0 Å². The van der Waals surface area contributed by atoms with Crippen molar-refractivity contribution in [2.24, 2.45) is 0 Å². The van der Waals surface area contributed by atoms with E-state index in [1.165, 1.54) is 12.1 Å². The molecule has 14 heteroatoms. The number of carboxylic acid groups (broad SMARTS) is 1. The lowest BCUT2D eigenvalue weighted by Gasteiger charge is -2.06. The molecule has 0 saturated carbocycles. The third-order valence-electron chi connectivity index (χ3n) is 5.77. The van der Waals surface area contributed by atoms with E-state index in [1.807, 2.05) is 36.5 Å². The first-order valence-electron chi connectivity index (χ1n) is 11.9. The molecule has 0 fully saturated rings. The van der Waals surface area contributed by atoms with E-state index in [1.54, 1.807) is 34.5 Å². The second-order valence-corrected chi connectivity index (χ2v) is 8.62. The van der Waals surface area contributed by atoms with Gasteiger partial charge in [0.05, 0.1) is 12.1 Å². The number of carbonyl (C=O) groups excluding carboxylic acids is 1. The fraction of sp³-hybridized carbons (Fsp3) is 0.148. The van der Waals surface area contributed by atoms with Gasteiger partial charge in [0, 0.05) is 43.0 Å². The number of aryl methyl sites for hydroxylation is 1. The van der Waals surface area contributed by atoms with Gasteiger partial charge in [-0.25, -0.2) is 23.5 Å². The van der Waals surface area contributed by atoms with Crippen LogP contribution in [0.3, 0.4) is 0 Å². The first-order chi connectivity index (χ1) is 19.4. The van der Waals surface area contributed by atoms with Gasteiger partial charge in [0.15, 0.2) is 11.5 Å². The van der Waals surface area contributed by atoms with E-state index in [0.29, 0.717) is 35.0 Å². The van der Waals surface area contributed by atoms with Gasteiger partial charge in [-0.15, -0.1) is 0 Å². The van der Waals surface area contributed by atoms with E-state index in [9.17, 15) is 26.7 Å². The van der Waals surface area contributed by atoms with Crippen molar-refractivity contribution >= 4 is 17.4 Å². The Bertz CT molecular complexity index is 1700. The van der Waals surface area contributed by atoms with Gasteiger partial charge in [0.2, 0.25) is 0 Å². The minimum absolute atomic E-state index is 0.188. The molecular weight excluding hydrogens is 551 g/mol. The van der Waals surface area contributed by atoms with Gasteiger partial charge in [-0.1, -0.05) is 12.1 Å². The van der Waals surface area contributed by atoms with Crippen molar-refractivity contribution in [2.75, 3.05) is 0 Å². The highest BCUT2D eigenvalue weighted by molar-refractivity contribution is 5.99. The standard InChI is InChI=1S/C25H20F2N6O.C2HF3O2/c1-16-30-21(15-32(16)14-18-5-6-19(26)12-20(18)27)24-31-23(22-4-2-3-11-33(22)24)25(34)29-13-17-7-9-28-10-8-17;3-2(4,5)1(6)7/h2-12,15H,13-14H2,1H3,(H,29,34);(H,6,7). The number of rotatable bonds is 6. The molecule has 1 aromatic carbocycles. The topological polar surface area (TPSA) is 114 Å². The first-order valence-corrected chi connectivity index (χ1v) is 11.9. The number of hydrogen-bond donors (Lipinski definition) is 2. The monoisotopic (exact) mass is 572 g/mol. The highest BCUT2D eigenvalue weighted by Crippen LogP contribution is 2.23. The van der Waals surface area contributed by atoms with E-state index in [0.717, 1.165) is 11.6 Å². The summed E-state index contributed by atoms with van der Waals surface area (Å²) in [6.45, 7) is 2.33. The number of halogens is 5. The maximum Gasteiger partial charge on any atom is 0.490 e. The molecule has 2 N–H and O–H groups in total. The van der Waals surface area contributed by atoms with Crippen molar-refractivity contribution in [1.82, 2.24) is 29.2 Å². The number of imidazole rings is 2. The van der Waals surface area contributed by atoms with Gasteiger partial charge in [0.1, 0.15) is 23.2 Å². The van der Waals surface area contributed by atoms with E-state index >= 15 is 0 Å². The van der Waals surface area contributed by atoms with Crippen LogP contribution in [0.25, 0.3) is 17.0 Å². The molecule has 41 heavy (non-hydrogen) atoms. The third kappa shape index (κ3) is 6.90. The van der Waals surface area contributed by atoms with E-state index in [2.05, 4.69) is 20.3 Å². The van der Waals surface area contributed by atoms with Crippen LogP contribution in [-0.2, 0) is 17.9 Å². The van der Waals surface area contributed by atoms with Gasteiger partial charge in [-0.2, -0.15) is 13.2 Å². The van der Waals surface area contributed by atoms with Crippen molar-refractivity contribution in [3.63, 3.8) is 0 Å². The number of hydrogen-bond acceptors (Lipinski definition) is 5. The fourth-order valence-electron chi connectivity index (χ4n) is 3.76. The number of carboxylic acids is 1. The first kappa shape index (κ1) is 28.9. The highest BCUT2D eigenvalue weighted by atomic mass is 19.4. The zero-order valence-corrected chi connectivity index (χ0v) is 21.2. The molecule has 0 saturated heterocycles. The summed E-state index contributed by atoms with van der Waals surface area (Å²) in [5.74, 6) is -3.18. The van der Waals surface area contributed by atoms with Crippen molar-refractivity contribution in [3.8, 4) is 11.5 Å².